The number of carbonyl (C=O) groups is 1. The van der Waals surface area contributed by atoms with E-state index >= 15 is 0 Å². The van der Waals surface area contributed by atoms with Crippen molar-refractivity contribution < 1.29 is 9.53 Å². The highest BCUT2D eigenvalue weighted by Crippen LogP contribution is 2.10. The smallest absolute Gasteiger partial charge is 0.305 e. The first-order valence-electron chi connectivity index (χ1n) is 8.37. The quantitative estimate of drug-likeness (QED) is 0.614. The molecule has 1 rings (SSSR count). The van der Waals surface area contributed by atoms with Crippen molar-refractivity contribution in [2.75, 3.05) is 13.2 Å². The lowest BCUT2D eigenvalue weighted by Gasteiger charge is -2.18. The summed E-state index contributed by atoms with van der Waals surface area (Å²) in [7, 11) is 0. The maximum absolute atomic E-state index is 11.5. The molecule has 1 N–H and O–H groups in total. The number of cyclic esters (lactones) is 1. The van der Waals surface area contributed by atoms with Gasteiger partial charge in [-0.05, 0) is 38.5 Å². The van der Waals surface area contributed by atoms with Crippen LogP contribution in [0.4, 0.5) is 0 Å². The van der Waals surface area contributed by atoms with Gasteiger partial charge >= 0.3 is 5.97 Å². The second kappa shape index (κ2) is 12.0. The Morgan fingerprint density at radius 1 is 1.20 bits per heavy atom. The molecule has 0 aliphatic carbocycles. The molecule has 0 amide bonds. The summed E-state index contributed by atoms with van der Waals surface area (Å²) in [5.74, 6) is -0.0562. The van der Waals surface area contributed by atoms with Crippen LogP contribution in [-0.4, -0.2) is 25.2 Å². The van der Waals surface area contributed by atoms with Gasteiger partial charge in [0.2, 0.25) is 0 Å². The highest BCUT2D eigenvalue weighted by atomic mass is 16.5. The van der Waals surface area contributed by atoms with Crippen molar-refractivity contribution in [3.63, 3.8) is 0 Å². The molecular formula is C17H31NO2. The van der Waals surface area contributed by atoms with Crippen LogP contribution in [0.25, 0.3) is 0 Å². The molecule has 0 fully saturated rings. The van der Waals surface area contributed by atoms with Crippen molar-refractivity contribution in [2.24, 2.45) is 0 Å². The molecule has 0 radical (unpaired) electrons. The number of nitrogens with one attached hydrogen (secondary N) is 1. The van der Waals surface area contributed by atoms with Crippen LogP contribution in [0.15, 0.2) is 12.2 Å². The fourth-order valence-electron chi connectivity index (χ4n) is 2.63. The van der Waals surface area contributed by atoms with Crippen molar-refractivity contribution in [1.82, 2.24) is 5.32 Å². The van der Waals surface area contributed by atoms with Crippen LogP contribution in [0.5, 0.6) is 0 Å². The average Bonchev–Trinajstić information content (AvgIpc) is 2.44. The zero-order chi connectivity index (χ0) is 14.5. The summed E-state index contributed by atoms with van der Waals surface area (Å²) in [6.45, 7) is 3.52. The van der Waals surface area contributed by atoms with Crippen molar-refractivity contribution in [2.45, 2.75) is 77.2 Å². The second-order valence-corrected chi connectivity index (χ2v) is 5.66. The zero-order valence-electron chi connectivity index (χ0n) is 13.0. The first-order chi connectivity index (χ1) is 9.83. The Morgan fingerprint density at radius 3 is 2.80 bits per heavy atom. The molecule has 0 aromatic heterocycles. The maximum atomic E-state index is 11.5. The first kappa shape index (κ1) is 17.2. The molecule has 3 nitrogen and oxygen atoms in total. The minimum Gasteiger partial charge on any atom is -0.464 e. The number of allylic oxidation sites excluding steroid dienone is 2. The lowest BCUT2D eigenvalue weighted by Crippen LogP contribution is -2.32. The van der Waals surface area contributed by atoms with Crippen molar-refractivity contribution in [3.05, 3.63) is 12.2 Å². The number of esters is 1. The molecule has 0 saturated heterocycles. The minimum absolute atomic E-state index is 0.0562. The van der Waals surface area contributed by atoms with Crippen LogP contribution in [0.1, 0.15) is 71.1 Å². The largest absolute Gasteiger partial charge is 0.464 e. The van der Waals surface area contributed by atoms with Gasteiger partial charge in [0.25, 0.3) is 0 Å². The van der Waals surface area contributed by atoms with Gasteiger partial charge in [0.1, 0.15) is 6.61 Å². The predicted molar refractivity (Wildman–Crippen MR) is 83.7 cm³/mol. The Labute approximate surface area is 124 Å². The van der Waals surface area contributed by atoms with E-state index in [9.17, 15) is 4.79 Å². The molecule has 1 atom stereocenters. The minimum atomic E-state index is -0.0562. The van der Waals surface area contributed by atoms with Gasteiger partial charge in [-0.1, -0.05) is 38.3 Å². The van der Waals surface area contributed by atoms with E-state index in [0.29, 0.717) is 19.1 Å². The number of hydrogen-bond acceptors (Lipinski definition) is 3. The van der Waals surface area contributed by atoms with Crippen LogP contribution in [0.2, 0.25) is 0 Å². The van der Waals surface area contributed by atoms with Crippen molar-refractivity contribution >= 4 is 5.97 Å². The molecule has 0 bridgehead atoms. The lowest BCUT2D eigenvalue weighted by atomic mass is 10.0. The molecule has 1 aliphatic rings. The second-order valence-electron chi connectivity index (χ2n) is 5.66. The maximum Gasteiger partial charge on any atom is 0.305 e. The summed E-state index contributed by atoms with van der Waals surface area (Å²) in [6, 6.07) is 0.585. The average molecular weight is 281 g/mol. The van der Waals surface area contributed by atoms with Crippen LogP contribution in [-0.2, 0) is 9.53 Å². The van der Waals surface area contributed by atoms with Crippen LogP contribution >= 0.6 is 0 Å². The third kappa shape index (κ3) is 9.13. The van der Waals surface area contributed by atoms with Crippen LogP contribution < -0.4 is 5.32 Å². The topological polar surface area (TPSA) is 38.3 Å². The standard InChI is InChI=1S/C17H31NO2/c1-2-11-16-12-9-7-5-3-4-6-8-10-13-17(19)20-15-14-18-16/h4,6,16,18H,2-3,5,7-15H2,1H3/b6-4-/t16-/m0/s1. The molecule has 0 spiro atoms. The predicted octanol–water partition coefficient (Wildman–Crippen LogP) is 3.98. The monoisotopic (exact) mass is 281 g/mol. The highest BCUT2D eigenvalue weighted by molar-refractivity contribution is 5.69. The molecule has 0 aromatic carbocycles. The van der Waals surface area contributed by atoms with Gasteiger partial charge in [0.05, 0.1) is 0 Å². The third-order valence-corrected chi connectivity index (χ3v) is 3.78. The van der Waals surface area contributed by atoms with Crippen molar-refractivity contribution in [1.29, 1.82) is 0 Å². The number of hydrogen-bond donors (Lipinski definition) is 1. The molecule has 116 valence electrons. The Balaban J connectivity index is 2.34. The first-order valence-corrected chi connectivity index (χ1v) is 8.37. The van der Waals surface area contributed by atoms with Gasteiger partial charge in [-0.2, -0.15) is 0 Å². The Morgan fingerprint density at radius 2 is 2.00 bits per heavy atom. The number of ether oxygens (including phenoxy) is 1. The van der Waals surface area contributed by atoms with Crippen LogP contribution in [0, 0.1) is 0 Å². The van der Waals surface area contributed by atoms with E-state index in [0.717, 1.165) is 19.4 Å². The van der Waals surface area contributed by atoms with Gasteiger partial charge in [-0.3, -0.25) is 4.79 Å². The molecule has 0 aromatic rings. The molecular weight excluding hydrogens is 250 g/mol. The summed E-state index contributed by atoms with van der Waals surface area (Å²) in [5, 5.41) is 3.53. The van der Waals surface area contributed by atoms with Crippen molar-refractivity contribution in [3.8, 4) is 0 Å². The molecule has 0 unspecified atom stereocenters. The van der Waals surface area contributed by atoms with Gasteiger partial charge in [0, 0.05) is 19.0 Å². The fraction of sp³-hybridized carbons (Fsp3) is 0.824. The Kier molecular flexibility index (Phi) is 10.3. The SMILES string of the molecule is CCC[C@H]1CCCCC/C=C\CCCC(=O)OCCN1. The number of carbonyl (C=O) groups excluding carboxylic acids is 1. The third-order valence-electron chi connectivity index (χ3n) is 3.78. The van der Waals surface area contributed by atoms with Gasteiger partial charge in [0.15, 0.2) is 0 Å². The van der Waals surface area contributed by atoms with E-state index in [4.69, 9.17) is 4.74 Å². The van der Waals surface area contributed by atoms with E-state index < -0.39 is 0 Å². The van der Waals surface area contributed by atoms with E-state index in [1.54, 1.807) is 0 Å². The molecule has 3 heteroatoms. The highest BCUT2D eigenvalue weighted by Gasteiger charge is 2.07. The number of rotatable bonds is 2. The summed E-state index contributed by atoms with van der Waals surface area (Å²) >= 11 is 0. The molecule has 1 aliphatic heterocycles. The lowest BCUT2D eigenvalue weighted by molar-refractivity contribution is -0.143. The Bertz CT molecular complexity index is 276. The van der Waals surface area contributed by atoms with Gasteiger partial charge in [-0.15, -0.1) is 0 Å². The van der Waals surface area contributed by atoms with E-state index in [1.165, 1.54) is 44.9 Å². The van der Waals surface area contributed by atoms with E-state index in [1.807, 2.05) is 0 Å². The molecule has 0 saturated carbocycles. The zero-order valence-corrected chi connectivity index (χ0v) is 13.0. The van der Waals surface area contributed by atoms with Gasteiger partial charge in [-0.25, -0.2) is 0 Å². The molecule has 1 heterocycles. The summed E-state index contributed by atoms with van der Waals surface area (Å²) in [6.07, 6.45) is 15.7. The summed E-state index contributed by atoms with van der Waals surface area (Å²) in [5.41, 5.74) is 0. The van der Waals surface area contributed by atoms with E-state index in [-0.39, 0.29) is 5.97 Å². The molecule has 20 heavy (non-hydrogen) atoms. The summed E-state index contributed by atoms with van der Waals surface area (Å²) in [4.78, 5) is 11.5. The Hall–Kier alpha value is -0.830. The fourth-order valence-corrected chi connectivity index (χ4v) is 2.63. The van der Waals surface area contributed by atoms with Gasteiger partial charge < -0.3 is 10.1 Å². The summed E-state index contributed by atoms with van der Waals surface area (Å²) < 4.78 is 5.24. The van der Waals surface area contributed by atoms with E-state index in [2.05, 4.69) is 24.4 Å². The van der Waals surface area contributed by atoms with Crippen LogP contribution in [0.3, 0.4) is 0 Å². The normalized spacial score (nSPS) is 25.9.